The second kappa shape index (κ2) is 24.2. The van der Waals surface area contributed by atoms with Crippen LogP contribution in [0.1, 0.15) is 107 Å². The molecule has 0 aliphatic carbocycles. The average molecular weight is 788 g/mol. The van der Waals surface area contributed by atoms with Crippen LogP contribution < -0.4 is 37.6 Å². The maximum absolute atomic E-state index is 13.8. The summed E-state index contributed by atoms with van der Waals surface area (Å²) >= 11 is 0. The van der Waals surface area contributed by atoms with Crippen LogP contribution in [-0.4, -0.2) is 88.8 Å². The second-order valence-corrected chi connectivity index (χ2v) is 16.2. The Kier molecular flexibility index (Phi) is 21.4. The summed E-state index contributed by atoms with van der Waals surface area (Å²) in [7, 11) is 0. The van der Waals surface area contributed by atoms with Crippen LogP contribution in [0.5, 0.6) is 0 Å². The number of hydrogen-bond acceptors (Lipinski definition) is 8. The van der Waals surface area contributed by atoms with Crippen molar-refractivity contribution in [2.24, 2.45) is 35.3 Å². The van der Waals surface area contributed by atoms with Crippen molar-refractivity contribution in [1.29, 1.82) is 0 Å². The van der Waals surface area contributed by atoms with Crippen molar-refractivity contribution in [2.45, 2.75) is 151 Å². The van der Waals surface area contributed by atoms with E-state index in [-0.39, 0.29) is 36.5 Å². The van der Waals surface area contributed by atoms with E-state index in [1.54, 1.807) is 58.0 Å². The predicted octanol–water partition coefficient (Wildman–Crippen LogP) is 2.41. The van der Waals surface area contributed by atoms with Crippen LogP contribution in [0.4, 0.5) is 0 Å². The van der Waals surface area contributed by atoms with Gasteiger partial charge in [-0.15, -0.1) is 0 Å². The molecule has 316 valence electrons. The Balaban J connectivity index is 3.16. The lowest BCUT2D eigenvalue weighted by atomic mass is 9.94. The van der Waals surface area contributed by atoms with Crippen molar-refractivity contribution >= 4 is 41.4 Å². The van der Waals surface area contributed by atoms with Crippen LogP contribution in [0.3, 0.4) is 0 Å². The Morgan fingerprint density at radius 1 is 0.554 bits per heavy atom. The Labute approximate surface area is 333 Å². The molecule has 6 amide bonds. The first-order valence-corrected chi connectivity index (χ1v) is 20.0. The van der Waals surface area contributed by atoms with Gasteiger partial charge in [-0.25, -0.2) is 4.79 Å². The second-order valence-electron chi connectivity index (χ2n) is 16.2. The van der Waals surface area contributed by atoms with Crippen molar-refractivity contribution in [3.63, 3.8) is 0 Å². The summed E-state index contributed by atoms with van der Waals surface area (Å²) in [6.07, 6.45) is 1.56. The number of rotatable bonds is 24. The van der Waals surface area contributed by atoms with Gasteiger partial charge < -0.3 is 42.7 Å². The van der Waals surface area contributed by atoms with Gasteiger partial charge in [0.2, 0.25) is 35.4 Å². The van der Waals surface area contributed by atoms with E-state index in [2.05, 4.69) is 31.9 Å². The monoisotopic (exact) mass is 788 g/mol. The van der Waals surface area contributed by atoms with Crippen LogP contribution in [-0.2, 0) is 40.0 Å². The van der Waals surface area contributed by atoms with E-state index in [9.17, 15) is 38.7 Å². The lowest BCUT2D eigenvalue weighted by Gasteiger charge is -2.30. The Morgan fingerprint density at radius 3 is 1.39 bits per heavy atom. The molecular weight excluding hydrogens is 718 g/mol. The number of nitrogens with two attached hydrogens (primary N) is 1. The molecule has 15 heteroatoms. The van der Waals surface area contributed by atoms with Crippen molar-refractivity contribution in [2.75, 3.05) is 0 Å². The quantitative estimate of drug-likeness (QED) is 0.0767. The molecule has 0 aromatic heterocycles. The highest BCUT2D eigenvalue weighted by molar-refractivity contribution is 5.97. The third kappa shape index (κ3) is 16.7. The fourth-order valence-electron chi connectivity index (χ4n) is 5.86. The lowest BCUT2D eigenvalue weighted by Crippen LogP contribution is -2.61. The molecule has 1 aromatic rings. The molecule has 9 atom stereocenters. The molecule has 0 saturated heterocycles. The molecule has 0 aliphatic rings. The van der Waals surface area contributed by atoms with E-state index >= 15 is 0 Å². The number of carbonyl (C=O) groups excluding carboxylic acids is 6. The summed E-state index contributed by atoms with van der Waals surface area (Å²) in [5.41, 5.74) is 6.73. The molecular formula is C41H69N7O8. The van der Waals surface area contributed by atoms with Crippen LogP contribution >= 0.6 is 0 Å². The first kappa shape index (κ1) is 49.5. The van der Waals surface area contributed by atoms with Gasteiger partial charge in [0.15, 0.2) is 0 Å². The largest absolute Gasteiger partial charge is 0.480 e. The van der Waals surface area contributed by atoms with Crippen LogP contribution in [0.25, 0.3) is 0 Å². The van der Waals surface area contributed by atoms with Gasteiger partial charge in [0.1, 0.15) is 36.3 Å². The van der Waals surface area contributed by atoms with E-state index in [4.69, 9.17) is 5.73 Å². The molecule has 15 nitrogen and oxygen atoms in total. The summed E-state index contributed by atoms with van der Waals surface area (Å²) in [4.78, 5) is 92.9. The van der Waals surface area contributed by atoms with Gasteiger partial charge >= 0.3 is 5.97 Å². The molecule has 1 rings (SSSR count). The topological polar surface area (TPSA) is 238 Å². The zero-order chi connectivity index (χ0) is 42.9. The molecule has 9 N–H and O–H groups in total. The zero-order valence-electron chi connectivity index (χ0n) is 35.2. The number of nitrogens with one attached hydrogen (secondary N) is 6. The lowest BCUT2D eigenvalue weighted by molar-refractivity contribution is -0.142. The normalized spacial score (nSPS) is 16.3. The highest BCUT2D eigenvalue weighted by Gasteiger charge is 2.36. The van der Waals surface area contributed by atoms with Crippen LogP contribution in [0, 0.1) is 29.6 Å². The standard InChI is InChI=1S/C41H69N7O8/c1-12-25(9)33(39(53)46-31(41(55)56)21-28-17-15-14-16-18-28)48-40(54)34(26(10)13-2)47-35(49)27(11)43-36(50)29(19-22(3)4)44-37(51)30(20-23(5)6)45-38(52)32(42)24(7)8/h14-18,22-27,29-34H,12-13,19-21,42H2,1-11H3,(H,43,50)(H,44,51)(H,45,52)(H,46,53)(H,47,49)(H,48,54)(H,55,56)/t25-,26-,27-,29-,30-,31-,32-,33-,34-/m0/s1. The Morgan fingerprint density at radius 2 is 0.964 bits per heavy atom. The average Bonchev–Trinajstić information content (AvgIpc) is 3.13. The smallest absolute Gasteiger partial charge is 0.326 e. The van der Waals surface area contributed by atoms with Gasteiger partial charge in [-0.1, -0.05) is 112 Å². The number of benzene rings is 1. The third-order valence-electron chi connectivity index (χ3n) is 9.94. The molecule has 0 bridgehead atoms. The van der Waals surface area contributed by atoms with Crippen molar-refractivity contribution in [3.8, 4) is 0 Å². The number of hydrogen-bond donors (Lipinski definition) is 8. The molecule has 0 aliphatic heterocycles. The summed E-state index contributed by atoms with van der Waals surface area (Å²) in [5.74, 6) is -5.76. The van der Waals surface area contributed by atoms with Gasteiger partial charge in [-0.05, 0) is 54.9 Å². The summed E-state index contributed by atoms with van der Waals surface area (Å²) in [5, 5.41) is 26.1. The van der Waals surface area contributed by atoms with Gasteiger partial charge in [0.25, 0.3) is 0 Å². The SMILES string of the molecule is CC[C@H](C)[C@H](NC(=O)[C@H](C)NC(=O)[C@H](CC(C)C)NC(=O)[C@H](CC(C)C)NC(=O)[C@@H](N)C(C)C)C(=O)N[C@H](C(=O)N[C@@H](Cc1ccccc1)C(=O)O)[C@@H](C)CC. The molecule has 0 radical (unpaired) electrons. The third-order valence-corrected chi connectivity index (χ3v) is 9.94. The molecule has 56 heavy (non-hydrogen) atoms. The van der Waals surface area contributed by atoms with E-state index in [0.29, 0.717) is 24.8 Å². The maximum atomic E-state index is 13.8. The molecule has 1 aromatic carbocycles. The molecule has 0 spiro atoms. The molecule has 0 unspecified atom stereocenters. The number of carbonyl (C=O) groups is 7. The van der Waals surface area contributed by atoms with E-state index < -0.39 is 89.6 Å². The van der Waals surface area contributed by atoms with Crippen molar-refractivity contribution in [1.82, 2.24) is 31.9 Å². The van der Waals surface area contributed by atoms with Gasteiger partial charge in [-0.3, -0.25) is 28.8 Å². The number of amides is 6. The minimum absolute atomic E-state index is 0.0269. The van der Waals surface area contributed by atoms with Crippen LogP contribution in [0.2, 0.25) is 0 Å². The van der Waals surface area contributed by atoms with Gasteiger partial charge in [0.05, 0.1) is 6.04 Å². The predicted molar refractivity (Wildman–Crippen MR) is 216 cm³/mol. The zero-order valence-corrected chi connectivity index (χ0v) is 35.2. The van der Waals surface area contributed by atoms with E-state index in [1.165, 1.54) is 6.92 Å². The number of aliphatic carboxylic acids is 1. The first-order chi connectivity index (χ1) is 26.1. The summed E-state index contributed by atoms with van der Waals surface area (Å²) in [6.45, 7) is 19.8. The Hall–Kier alpha value is -4.53. The summed E-state index contributed by atoms with van der Waals surface area (Å²) in [6, 6.07) is 1.49. The fourth-order valence-corrected chi connectivity index (χ4v) is 5.86. The van der Waals surface area contributed by atoms with Crippen molar-refractivity contribution in [3.05, 3.63) is 35.9 Å². The highest BCUT2D eigenvalue weighted by atomic mass is 16.4. The highest BCUT2D eigenvalue weighted by Crippen LogP contribution is 2.15. The summed E-state index contributed by atoms with van der Waals surface area (Å²) < 4.78 is 0. The maximum Gasteiger partial charge on any atom is 0.326 e. The minimum atomic E-state index is -1.24. The van der Waals surface area contributed by atoms with E-state index in [0.717, 1.165) is 0 Å². The fraction of sp³-hybridized carbons (Fsp3) is 0.683. The van der Waals surface area contributed by atoms with Crippen molar-refractivity contribution < 1.29 is 38.7 Å². The molecule has 0 saturated carbocycles. The van der Waals surface area contributed by atoms with Crippen LogP contribution in [0.15, 0.2) is 30.3 Å². The van der Waals surface area contributed by atoms with E-state index in [1.807, 2.05) is 41.5 Å². The molecule has 0 heterocycles. The Bertz CT molecular complexity index is 1450. The number of carboxylic acids is 1. The minimum Gasteiger partial charge on any atom is -0.480 e. The molecule has 0 fully saturated rings. The first-order valence-electron chi connectivity index (χ1n) is 20.0. The van der Waals surface area contributed by atoms with Gasteiger partial charge in [0, 0.05) is 6.42 Å². The van der Waals surface area contributed by atoms with Gasteiger partial charge in [-0.2, -0.15) is 0 Å². The number of carboxylic acid groups (broad SMARTS) is 1.